The van der Waals surface area contributed by atoms with E-state index in [1.165, 1.54) is 0 Å². The van der Waals surface area contributed by atoms with Crippen LogP contribution < -0.4 is 0 Å². The van der Waals surface area contributed by atoms with Crippen molar-refractivity contribution in [3.05, 3.63) is 89.0 Å². The van der Waals surface area contributed by atoms with Crippen molar-refractivity contribution >= 4 is 23.3 Å². The maximum Gasteiger partial charge on any atom is 0.230 e. The third-order valence-electron chi connectivity index (χ3n) is 6.46. The Labute approximate surface area is 194 Å². The smallest absolute Gasteiger partial charge is 0.230 e. The van der Waals surface area contributed by atoms with Crippen LogP contribution in [0.3, 0.4) is 0 Å². The molecule has 4 rings (SSSR count). The quantitative estimate of drug-likeness (QED) is 0.449. The van der Waals surface area contributed by atoms with Crippen LogP contribution in [0.1, 0.15) is 60.8 Å². The summed E-state index contributed by atoms with van der Waals surface area (Å²) in [6.07, 6.45) is 8.05. The average molecular weight is 450 g/mol. The number of hydrogen-bond donors (Lipinski definition) is 0. The number of carbonyl (C=O) groups is 2. The highest BCUT2D eigenvalue weighted by atomic mass is 35.5. The lowest BCUT2D eigenvalue weighted by Gasteiger charge is -2.48. The molecule has 6 heteroatoms. The zero-order valence-electron chi connectivity index (χ0n) is 18.3. The normalized spacial score (nSPS) is 18.5. The molecule has 1 unspecified atom stereocenters. The van der Waals surface area contributed by atoms with Crippen molar-refractivity contribution in [2.75, 3.05) is 6.54 Å². The maximum absolute atomic E-state index is 13.4. The molecule has 1 atom stereocenters. The van der Waals surface area contributed by atoms with Crippen molar-refractivity contribution in [3.8, 4) is 0 Å². The second kappa shape index (κ2) is 9.70. The van der Waals surface area contributed by atoms with Crippen molar-refractivity contribution in [1.82, 2.24) is 14.5 Å². The molecule has 0 bridgehead atoms. The second-order valence-electron chi connectivity index (χ2n) is 8.25. The van der Waals surface area contributed by atoms with E-state index in [-0.39, 0.29) is 11.7 Å². The molecule has 1 amide bonds. The Balaban J connectivity index is 1.65. The van der Waals surface area contributed by atoms with Crippen molar-refractivity contribution < 1.29 is 9.59 Å². The largest absolute Gasteiger partial charge is 0.319 e. The molecule has 5 nitrogen and oxygen atoms in total. The minimum Gasteiger partial charge on any atom is -0.319 e. The minimum absolute atomic E-state index is 0.111. The molecule has 1 saturated heterocycles. The van der Waals surface area contributed by atoms with Gasteiger partial charge < -0.3 is 9.47 Å². The van der Waals surface area contributed by atoms with E-state index >= 15 is 0 Å². The predicted molar refractivity (Wildman–Crippen MR) is 126 cm³/mol. The standard InChI is InChI=1S/C26H28ClN3O2/c1-2-26(30-19-17-28-25(30)24(32)21-12-6-7-13-22(21)27)16-8-9-18-29(26)23(31)15-14-20-10-4-3-5-11-20/h3-7,10-13,17,19H,2,8-9,14-16,18H2,1H3. The first-order chi connectivity index (χ1) is 15.6. The molecule has 0 aliphatic carbocycles. The van der Waals surface area contributed by atoms with Crippen LogP contribution in [0.5, 0.6) is 0 Å². The number of hydrogen-bond acceptors (Lipinski definition) is 3. The number of benzene rings is 2. The molecule has 0 spiro atoms. The first-order valence-electron chi connectivity index (χ1n) is 11.2. The molecule has 166 valence electrons. The van der Waals surface area contributed by atoms with E-state index < -0.39 is 5.66 Å². The van der Waals surface area contributed by atoms with Gasteiger partial charge in [0.25, 0.3) is 0 Å². The van der Waals surface area contributed by atoms with E-state index in [0.29, 0.717) is 42.2 Å². The van der Waals surface area contributed by atoms with Crippen LogP contribution in [0.2, 0.25) is 5.02 Å². The van der Waals surface area contributed by atoms with Crippen molar-refractivity contribution in [1.29, 1.82) is 0 Å². The third kappa shape index (κ3) is 4.22. The van der Waals surface area contributed by atoms with Crippen LogP contribution in [0, 0.1) is 0 Å². The van der Waals surface area contributed by atoms with Crippen molar-refractivity contribution in [2.45, 2.75) is 51.1 Å². The van der Waals surface area contributed by atoms with E-state index in [9.17, 15) is 9.59 Å². The number of ketones is 1. The molecule has 3 aromatic rings. The van der Waals surface area contributed by atoms with Gasteiger partial charge in [-0.15, -0.1) is 0 Å². The molecule has 1 fully saturated rings. The van der Waals surface area contributed by atoms with Gasteiger partial charge in [-0.05, 0) is 49.8 Å². The molecule has 0 radical (unpaired) electrons. The third-order valence-corrected chi connectivity index (χ3v) is 6.79. The Morgan fingerprint density at radius 3 is 2.56 bits per heavy atom. The molecule has 2 aromatic carbocycles. The summed E-state index contributed by atoms with van der Waals surface area (Å²) in [5.74, 6) is 0.207. The van der Waals surface area contributed by atoms with Crippen LogP contribution in [0.4, 0.5) is 0 Å². The fourth-order valence-corrected chi connectivity index (χ4v) is 4.99. The van der Waals surface area contributed by atoms with Gasteiger partial charge in [0.05, 0.1) is 5.02 Å². The summed E-state index contributed by atoms with van der Waals surface area (Å²) in [5, 5.41) is 0.400. The lowest BCUT2D eigenvalue weighted by atomic mass is 9.90. The summed E-state index contributed by atoms with van der Waals surface area (Å²) in [6.45, 7) is 2.76. The number of nitrogens with zero attached hydrogens (tertiary/aromatic N) is 3. The van der Waals surface area contributed by atoms with Gasteiger partial charge >= 0.3 is 0 Å². The molecular weight excluding hydrogens is 422 g/mol. The number of likely N-dealkylation sites (tertiary alicyclic amines) is 1. The Bertz CT molecular complexity index is 1100. The Morgan fingerprint density at radius 1 is 1.06 bits per heavy atom. The van der Waals surface area contributed by atoms with Gasteiger partial charge in [0.2, 0.25) is 11.7 Å². The Kier molecular flexibility index (Phi) is 6.75. The highest BCUT2D eigenvalue weighted by Crippen LogP contribution is 2.38. The number of piperidine rings is 1. The molecule has 32 heavy (non-hydrogen) atoms. The van der Waals surface area contributed by atoms with E-state index in [2.05, 4.69) is 11.9 Å². The number of imidazole rings is 1. The summed E-state index contributed by atoms with van der Waals surface area (Å²) in [5.41, 5.74) is 0.970. The second-order valence-corrected chi connectivity index (χ2v) is 8.66. The van der Waals surface area contributed by atoms with Crippen LogP contribution in [-0.2, 0) is 16.9 Å². The summed E-state index contributed by atoms with van der Waals surface area (Å²) in [4.78, 5) is 33.2. The van der Waals surface area contributed by atoms with Gasteiger partial charge in [0.15, 0.2) is 5.82 Å². The molecule has 1 aliphatic heterocycles. The van der Waals surface area contributed by atoms with Crippen molar-refractivity contribution in [2.24, 2.45) is 0 Å². The number of aryl methyl sites for hydroxylation is 1. The average Bonchev–Trinajstić information content (AvgIpc) is 3.33. The highest BCUT2D eigenvalue weighted by Gasteiger charge is 2.43. The van der Waals surface area contributed by atoms with Crippen LogP contribution in [-0.4, -0.2) is 32.7 Å². The summed E-state index contributed by atoms with van der Waals surface area (Å²) < 4.78 is 1.91. The number of amides is 1. The van der Waals surface area contributed by atoms with Gasteiger partial charge in [0, 0.05) is 30.9 Å². The van der Waals surface area contributed by atoms with Crippen LogP contribution in [0.25, 0.3) is 0 Å². The zero-order chi connectivity index (χ0) is 22.6. The first-order valence-corrected chi connectivity index (χ1v) is 11.6. The molecule has 0 N–H and O–H groups in total. The Morgan fingerprint density at radius 2 is 1.81 bits per heavy atom. The first kappa shape index (κ1) is 22.3. The van der Waals surface area contributed by atoms with Gasteiger partial charge in [-0.2, -0.15) is 0 Å². The number of halogens is 1. The number of carbonyl (C=O) groups excluding carboxylic acids is 2. The summed E-state index contributed by atoms with van der Waals surface area (Å²) >= 11 is 6.30. The van der Waals surface area contributed by atoms with Crippen LogP contribution >= 0.6 is 11.6 Å². The topological polar surface area (TPSA) is 55.2 Å². The van der Waals surface area contributed by atoms with E-state index in [1.807, 2.05) is 46.0 Å². The molecule has 0 saturated carbocycles. The SMILES string of the molecule is CCC1(n2ccnc2C(=O)c2ccccc2Cl)CCCCN1C(=O)CCc1ccccc1. The summed E-state index contributed by atoms with van der Waals surface area (Å²) in [6, 6.07) is 17.1. The van der Waals surface area contributed by atoms with Gasteiger partial charge in [-0.25, -0.2) is 4.98 Å². The number of rotatable bonds is 7. The zero-order valence-corrected chi connectivity index (χ0v) is 19.1. The minimum atomic E-state index is -0.602. The molecule has 1 aromatic heterocycles. The van der Waals surface area contributed by atoms with Gasteiger partial charge in [0.1, 0.15) is 5.66 Å². The fourth-order valence-electron chi connectivity index (χ4n) is 4.77. The van der Waals surface area contributed by atoms with E-state index in [1.54, 1.807) is 30.5 Å². The maximum atomic E-state index is 13.4. The predicted octanol–water partition coefficient (Wildman–Crippen LogP) is 5.48. The monoisotopic (exact) mass is 449 g/mol. The van der Waals surface area contributed by atoms with Gasteiger partial charge in [-0.3, -0.25) is 9.59 Å². The van der Waals surface area contributed by atoms with E-state index in [0.717, 1.165) is 24.8 Å². The van der Waals surface area contributed by atoms with Crippen LogP contribution in [0.15, 0.2) is 67.0 Å². The highest BCUT2D eigenvalue weighted by molar-refractivity contribution is 6.34. The van der Waals surface area contributed by atoms with Gasteiger partial charge in [-0.1, -0.05) is 61.0 Å². The lowest BCUT2D eigenvalue weighted by molar-refractivity contribution is -0.146. The van der Waals surface area contributed by atoms with Crippen molar-refractivity contribution in [3.63, 3.8) is 0 Å². The summed E-state index contributed by atoms with van der Waals surface area (Å²) in [7, 11) is 0. The molecule has 1 aliphatic rings. The lowest BCUT2D eigenvalue weighted by Crippen LogP contribution is -2.56. The molecule has 2 heterocycles. The molecular formula is C26H28ClN3O2. The number of aromatic nitrogens is 2. The fraction of sp³-hybridized carbons (Fsp3) is 0.346. The Hall–Kier alpha value is -2.92. The van der Waals surface area contributed by atoms with E-state index in [4.69, 9.17) is 11.6 Å².